The molecule has 1 N–H and O–H groups in total. The van der Waals surface area contributed by atoms with Crippen LogP contribution in [-0.4, -0.2) is 12.5 Å². The summed E-state index contributed by atoms with van der Waals surface area (Å²) in [7, 11) is 0. The summed E-state index contributed by atoms with van der Waals surface area (Å²) in [6, 6.07) is 1.98. The average molecular weight is 196 g/mol. The molecule has 0 aromatic rings. The Balaban J connectivity index is 3.61. The van der Waals surface area contributed by atoms with Gasteiger partial charge >= 0.3 is 0 Å². The van der Waals surface area contributed by atoms with Crippen LogP contribution in [0.4, 0.5) is 0 Å². The first-order chi connectivity index (χ1) is 6.54. The summed E-state index contributed by atoms with van der Waals surface area (Å²) in [4.78, 5) is 11.4. The standard InChI is InChI=1S/C11H20N2O/c1-4-5-6-7-8-13-10(14)11(2,3)9-12/h4-8H2,1-3H3,(H,13,14). The SMILES string of the molecule is CCCCCCNC(=O)C(C)(C)C#N. The predicted octanol–water partition coefficient (Wildman–Crippen LogP) is 2.23. The minimum Gasteiger partial charge on any atom is -0.355 e. The van der Waals surface area contributed by atoms with Crippen molar-refractivity contribution < 1.29 is 4.79 Å². The Labute approximate surface area is 86.5 Å². The molecule has 0 saturated heterocycles. The lowest BCUT2D eigenvalue weighted by Crippen LogP contribution is -2.36. The van der Waals surface area contributed by atoms with Crippen molar-refractivity contribution in [2.45, 2.75) is 46.5 Å². The zero-order valence-corrected chi connectivity index (χ0v) is 9.39. The van der Waals surface area contributed by atoms with Gasteiger partial charge in [0.1, 0.15) is 5.41 Å². The lowest BCUT2D eigenvalue weighted by atomic mass is 9.95. The highest BCUT2D eigenvalue weighted by Gasteiger charge is 2.26. The van der Waals surface area contributed by atoms with E-state index in [2.05, 4.69) is 12.2 Å². The second-order valence-corrected chi connectivity index (χ2v) is 4.05. The molecule has 3 nitrogen and oxygen atoms in total. The van der Waals surface area contributed by atoms with Crippen molar-refractivity contribution in [2.24, 2.45) is 5.41 Å². The van der Waals surface area contributed by atoms with E-state index in [1.807, 2.05) is 6.07 Å². The molecule has 0 heterocycles. The predicted molar refractivity (Wildman–Crippen MR) is 56.5 cm³/mol. The summed E-state index contributed by atoms with van der Waals surface area (Å²) in [5, 5.41) is 11.5. The third-order valence-corrected chi connectivity index (χ3v) is 2.16. The summed E-state index contributed by atoms with van der Waals surface area (Å²) in [6.45, 7) is 6.10. The molecule has 0 radical (unpaired) electrons. The Morgan fingerprint density at radius 1 is 1.36 bits per heavy atom. The Morgan fingerprint density at radius 3 is 2.50 bits per heavy atom. The van der Waals surface area contributed by atoms with Gasteiger partial charge in [-0.05, 0) is 20.3 Å². The van der Waals surface area contributed by atoms with Crippen molar-refractivity contribution in [1.29, 1.82) is 5.26 Å². The zero-order valence-electron chi connectivity index (χ0n) is 9.39. The summed E-state index contributed by atoms with van der Waals surface area (Å²) in [6.07, 6.45) is 4.54. The molecule has 14 heavy (non-hydrogen) atoms. The maximum Gasteiger partial charge on any atom is 0.239 e. The number of unbranched alkanes of at least 4 members (excludes halogenated alkanes) is 3. The van der Waals surface area contributed by atoms with Gasteiger partial charge in [-0.2, -0.15) is 5.26 Å². The van der Waals surface area contributed by atoms with Gasteiger partial charge in [-0.25, -0.2) is 0 Å². The van der Waals surface area contributed by atoms with Crippen molar-refractivity contribution >= 4 is 5.91 Å². The number of nitrogens with one attached hydrogen (secondary N) is 1. The van der Waals surface area contributed by atoms with E-state index < -0.39 is 5.41 Å². The van der Waals surface area contributed by atoms with Crippen LogP contribution in [0.25, 0.3) is 0 Å². The molecule has 0 aromatic heterocycles. The van der Waals surface area contributed by atoms with Gasteiger partial charge < -0.3 is 5.32 Å². The topological polar surface area (TPSA) is 52.9 Å². The van der Waals surface area contributed by atoms with Crippen molar-refractivity contribution in [3.63, 3.8) is 0 Å². The van der Waals surface area contributed by atoms with Gasteiger partial charge in [0.05, 0.1) is 6.07 Å². The molecule has 0 aliphatic carbocycles. The third-order valence-electron chi connectivity index (χ3n) is 2.16. The molecule has 0 bridgehead atoms. The van der Waals surface area contributed by atoms with E-state index in [4.69, 9.17) is 5.26 Å². The smallest absolute Gasteiger partial charge is 0.239 e. The van der Waals surface area contributed by atoms with Crippen LogP contribution < -0.4 is 5.32 Å². The van der Waals surface area contributed by atoms with E-state index in [1.54, 1.807) is 13.8 Å². The lowest BCUT2D eigenvalue weighted by molar-refractivity contribution is -0.126. The number of rotatable bonds is 6. The maximum absolute atomic E-state index is 11.4. The van der Waals surface area contributed by atoms with Crippen molar-refractivity contribution in [3.8, 4) is 6.07 Å². The normalized spacial score (nSPS) is 10.7. The number of nitrogens with zero attached hydrogens (tertiary/aromatic N) is 1. The molecule has 1 amide bonds. The van der Waals surface area contributed by atoms with Gasteiger partial charge in [0, 0.05) is 6.54 Å². The largest absolute Gasteiger partial charge is 0.355 e. The molecule has 0 aromatic carbocycles. The number of carbonyl (C=O) groups excluding carboxylic acids is 1. The zero-order chi connectivity index (χ0) is 11.0. The third kappa shape index (κ3) is 4.86. The van der Waals surface area contributed by atoms with E-state index in [1.165, 1.54) is 12.8 Å². The second kappa shape index (κ2) is 6.42. The minimum atomic E-state index is -0.898. The summed E-state index contributed by atoms with van der Waals surface area (Å²) in [5.41, 5.74) is -0.898. The quantitative estimate of drug-likeness (QED) is 0.662. The molecule has 0 aliphatic rings. The van der Waals surface area contributed by atoms with Crippen LogP contribution in [0.5, 0.6) is 0 Å². The Bertz CT molecular complexity index is 216. The monoisotopic (exact) mass is 196 g/mol. The highest BCUT2D eigenvalue weighted by atomic mass is 16.2. The number of nitriles is 1. The Morgan fingerprint density at radius 2 is 2.00 bits per heavy atom. The fourth-order valence-electron chi connectivity index (χ4n) is 1.03. The van der Waals surface area contributed by atoms with E-state index in [-0.39, 0.29) is 5.91 Å². The molecule has 0 fully saturated rings. The highest BCUT2D eigenvalue weighted by Crippen LogP contribution is 2.12. The number of hydrogen-bond donors (Lipinski definition) is 1. The maximum atomic E-state index is 11.4. The molecule has 3 heteroatoms. The molecule has 0 atom stereocenters. The fourth-order valence-corrected chi connectivity index (χ4v) is 1.03. The molecule has 80 valence electrons. The van der Waals surface area contributed by atoms with Gasteiger partial charge in [-0.1, -0.05) is 26.2 Å². The van der Waals surface area contributed by atoms with Crippen LogP contribution in [-0.2, 0) is 4.79 Å². The van der Waals surface area contributed by atoms with Crippen LogP contribution in [0.3, 0.4) is 0 Å². The first kappa shape index (κ1) is 13.0. The van der Waals surface area contributed by atoms with Gasteiger partial charge in [0.2, 0.25) is 5.91 Å². The van der Waals surface area contributed by atoms with E-state index in [0.29, 0.717) is 6.54 Å². The molecular weight excluding hydrogens is 176 g/mol. The van der Waals surface area contributed by atoms with Crippen LogP contribution in [0.1, 0.15) is 46.5 Å². The average Bonchev–Trinajstić information content (AvgIpc) is 2.17. The van der Waals surface area contributed by atoms with Crippen LogP contribution in [0, 0.1) is 16.7 Å². The minimum absolute atomic E-state index is 0.170. The fraction of sp³-hybridized carbons (Fsp3) is 0.818. The number of carbonyl (C=O) groups is 1. The lowest BCUT2D eigenvalue weighted by Gasteiger charge is -2.14. The summed E-state index contributed by atoms with van der Waals surface area (Å²) in [5.74, 6) is -0.170. The molecule has 0 unspecified atom stereocenters. The van der Waals surface area contributed by atoms with E-state index in [9.17, 15) is 4.79 Å². The highest BCUT2D eigenvalue weighted by molar-refractivity contribution is 5.84. The first-order valence-electron chi connectivity index (χ1n) is 5.24. The second-order valence-electron chi connectivity index (χ2n) is 4.05. The molecule has 0 aliphatic heterocycles. The Kier molecular flexibility index (Phi) is 5.94. The molecule has 0 rings (SSSR count). The van der Waals surface area contributed by atoms with Crippen LogP contribution in [0.2, 0.25) is 0 Å². The van der Waals surface area contributed by atoms with Crippen molar-refractivity contribution in [3.05, 3.63) is 0 Å². The van der Waals surface area contributed by atoms with Gasteiger partial charge in [-0.3, -0.25) is 4.79 Å². The van der Waals surface area contributed by atoms with Crippen LogP contribution >= 0.6 is 0 Å². The van der Waals surface area contributed by atoms with Gasteiger partial charge in [-0.15, -0.1) is 0 Å². The number of hydrogen-bond acceptors (Lipinski definition) is 2. The van der Waals surface area contributed by atoms with Gasteiger partial charge in [0.25, 0.3) is 0 Å². The number of amides is 1. The van der Waals surface area contributed by atoms with Crippen molar-refractivity contribution in [2.75, 3.05) is 6.54 Å². The Hall–Kier alpha value is -1.04. The van der Waals surface area contributed by atoms with Gasteiger partial charge in [0.15, 0.2) is 0 Å². The molecule has 0 saturated carbocycles. The summed E-state index contributed by atoms with van der Waals surface area (Å²) >= 11 is 0. The molecule has 0 spiro atoms. The first-order valence-corrected chi connectivity index (χ1v) is 5.24. The van der Waals surface area contributed by atoms with Crippen molar-refractivity contribution in [1.82, 2.24) is 5.32 Å². The summed E-state index contributed by atoms with van der Waals surface area (Å²) < 4.78 is 0. The van der Waals surface area contributed by atoms with E-state index >= 15 is 0 Å². The molecular formula is C11H20N2O. The van der Waals surface area contributed by atoms with E-state index in [0.717, 1.165) is 12.8 Å². The van der Waals surface area contributed by atoms with Crippen LogP contribution in [0.15, 0.2) is 0 Å².